The van der Waals surface area contributed by atoms with Gasteiger partial charge in [-0.3, -0.25) is 4.98 Å². The van der Waals surface area contributed by atoms with E-state index in [1.807, 2.05) is 17.7 Å². The van der Waals surface area contributed by atoms with E-state index in [9.17, 15) is 8.42 Å². The van der Waals surface area contributed by atoms with E-state index in [-0.39, 0.29) is 4.90 Å². The Morgan fingerprint density at radius 1 is 1.39 bits per heavy atom. The highest BCUT2D eigenvalue weighted by Crippen LogP contribution is 2.16. The molecule has 0 atom stereocenters. The van der Waals surface area contributed by atoms with Crippen LogP contribution in [0.15, 0.2) is 38.6 Å². The molecule has 0 aliphatic carbocycles. The van der Waals surface area contributed by atoms with Gasteiger partial charge in [0.05, 0.1) is 0 Å². The maximum atomic E-state index is 12.0. The Morgan fingerprint density at radius 2 is 2.17 bits per heavy atom. The Kier molecular flexibility index (Phi) is 4.16. The Morgan fingerprint density at radius 3 is 2.78 bits per heavy atom. The SMILES string of the molecule is Cc1cscc1CNS(=O)(=O)c1cncc(Br)c1. The molecule has 2 aromatic heterocycles. The van der Waals surface area contributed by atoms with E-state index >= 15 is 0 Å². The largest absolute Gasteiger partial charge is 0.262 e. The molecule has 0 fully saturated rings. The van der Waals surface area contributed by atoms with Gasteiger partial charge in [-0.25, -0.2) is 13.1 Å². The van der Waals surface area contributed by atoms with E-state index in [2.05, 4.69) is 25.6 Å². The fourth-order valence-electron chi connectivity index (χ4n) is 1.36. The van der Waals surface area contributed by atoms with Gasteiger partial charge in [-0.2, -0.15) is 11.3 Å². The monoisotopic (exact) mass is 346 g/mol. The Labute approximate surface area is 118 Å². The minimum Gasteiger partial charge on any atom is -0.262 e. The van der Waals surface area contributed by atoms with Crippen LogP contribution in [-0.2, 0) is 16.6 Å². The van der Waals surface area contributed by atoms with Gasteiger partial charge in [-0.1, -0.05) is 0 Å². The lowest BCUT2D eigenvalue weighted by molar-refractivity contribution is 0.581. The van der Waals surface area contributed by atoms with Crippen molar-refractivity contribution < 1.29 is 8.42 Å². The Bertz CT molecular complexity index is 653. The van der Waals surface area contributed by atoms with Crippen LogP contribution in [0.4, 0.5) is 0 Å². The molecular weight excluding hydrogens is 336 g/mol. The summed E-state index contributed by atoms with van der Waals surface area (Å²) < 4.78 is 27.2. The highest BCUT2D eigenvalue weighted by molar-refractivity contribution is 9.10. The van der Waals surface area contributed by atoms with Crippen LogP contribution in [0.3, 0.4) is 0 Å². The lowest BCUT2D eigenvalue weighted by Crippen LogP contribution is -2.23. The molecule has 0 saturated carbocycles. The lowest BCUT2D eigenvalue weighted by Gasteiger charge is -2.06. The first kappa shape index (κ1) is 13.7. The standard InChI is InChI=1S/C11H11BrN2O2S2/c1-8-6-17-7-9(8)3-14-18(15,16)11-2-10(12)4-13-5-11/h2,4-7,14H,3H2,1H3. The fourth-order valence-corrected chi connectivity index (χ4v) is 3.73. The summed E-state index contributed by atoms with van der Waals surface area (Å²) in [5.74, 6) is 0. The number of nitrogens with one attached hydrogen (secondary N) is 1. The summed E-state index contributed by atoms with van der Waals surface area (Å²) >= 11 is 4.76. The van der Waals surface area contributed by atoms with Gasteiger partial charge in [-0.15, -0.1) is 0 Å². The fraction of sp³-hybridized carbons (Fsp3) is 0.182. The molecule has 2 aromatic rings. The van der Waals surface area contributed by atoms with Crippen LogP contribution in [0.5, 0.6) is 0 Å². The van der Waals surface area contributed by atoms with Crippen molar-refractivity contribution in [1.29, 1.82) is 0 Å². The van der Waals surface area contributed by atoms with Crippen molar-refractivity contribution in [3.63, 3.8) is 0 Å². The second-order valence-electron chi connectivity index (χ2n) is 3.74. The molecule has 2 heterocycles. The topological polar surface area (TPSA) is 59.1 Å². The van der Waals surface area contributed by atoms with Crippen LogP contribution in [-0.4, -0.2) is 13.4 Å². The van der Waals surface area contributed by atoms with Crippen LogP contribution in [0.25, 0.3) is 0 Å². The number of nitrogens with zero attached hydrogens (tertiary/aromatic N) is 1. The molecule has 0 spiro atoms. The Hall–Kier alpha value is -0.760. The quantitative estimate of drug-likeness (QED) is 0.925. The third-order valence-electron chi connectivity index (χ3n) is 2.40. The van der Waals surface area contributed by atoms with E-state index in [1.165, 1.54) is 12.3 Å². The first-order valence-electron chi connectivity index (χ1n) is 5.11. The predicted octanol–water partition coefficient (Wildman–Crippen LogP) is 2.69. The van der Waals surface area contributed by atoms with Crippen LogP contribution in [0.2, 0.25) is 0 Å². The summed E-state index contributed by atoms with van der Waals surface area (Å²) in [6, 6.07) is 1.52. The number of hydrogen-bond donors (Lipinski definition) is 1. The number of halogens is 1. The van der Waals surface area contributed by atoms with E-state index in [4.69, 9.17) is 0 Å². The van der Waals surface area contributed by atoms with Crippen LogP contribution < -0.4 is 4.72 Å². The molecule has 0 amide bonds. The number of aryl methyl sites for hydroxylation is 1. The van der Waals surface area contributed by atoms with Gasteiger partial charge in [0.25, 0.3) is 0 Å². The van der Waals surface area contributed by atoms with E-state index in [1.54, 1.807) is 17.5 Å². The normalized spacial score (nSPS) is 11.7. The number of aromatic nitrogens is 1. The zero-order valence-corrected chi connectivity index (χ0v) is 12.8. The smallest absolute Gasteiger partial charge is 0.242 e. The van der Waals surface area contributed by atoms with E-state index in [0.29, 0.717) is 11.0 Å². The molecule has 96 valence electrons. The highest BCUT2D eigenvalue weighted by Gasteiger charge is 2.15. The predicted molar refractivity (Wildman–Crippen MR) is 75.0 cm³/mol. The van der Waals surface area contributed by atoms with E-state index in [0.717, 1.165) is 11.1 Å². The van der Waals surface area contributed by atoms with Gasteiger partial charge in [0.15, 0.2) is 0 Å². The number of hydrogen-bond acceptors (Lipinski definition) is 4. The average Bonchev–Trinajstić information content (AvgIpc) is 2.72. The number of rotatable bonds is 4. The Balaban J connectivity index is 2.16. The molecule has 0 bridgehead atoms. The summed E-state index contributed by atoms with van der Waals surface area (Å²) in [6.45, 7) is 2.25. The van der Waals surface area contributed by atoms with E-state index < -0.39 is 10.0 Å². The third-order valence-corrected chi connectivity index (χ3v) is 5.12. The number of sulfonamides is 1. The molecule has 18 heavy (non-hydrogen) atoms. The molecule has 0 unspecified atom stereocenters. The summed E-state index contributed by atoms with van der Waals surface area (Å²) in [4.78, 5) is 4.01. The van der Waals surface area contributed by atoms with Crippen molar-refractivity contribution in [2.75, 3.05) is 0 Å². The molecule has 2 rings (SSSR count). The zero-order valence-electron chi connectivity index (χ0n) is 9.55. The van der Waals surface area contributed by atoms with Crippen molar-refractivity contribution in [3.8, 4) is 0 Å². The molecule has 4 nitrogen and oxygen atoms in total. The van der Waals surface area contributed by atoms with Crippen LogP contribution in [0.1, 0.15) is 11.1 Å². The molecule has 7 heteroatoms. The molecule has 0 aromatic carbocycles. The first-order valence-corrected chi connectivity index (χ1v) is 8.33. The highest BCUT2D eigenvalue weighted by atomic mass is 79.9. The van der Waals surface area contributed by atoms with Gasteiger partial charge in [0.2, 0.25) is 10.0 Å². The van der Waals surface area contributed by atoms with Gasteiger partial charge < -0.3 is 0 Å². The van der Waals surface area contributed by atoms with Crippen molar-refractivity contribution in [1.82, 2.24) is 9.71 Å². The minimum absolute atomic E-state index is 0.157. The number of thiophene rings is 1. The van der Waals surface area contributed by atoms with Gasteiger partial charge in [0, 0.05) is 23.4 Å². The molecule has 0 saturated heterocycles. The molecule has 0 aliphatic rings. The lowest BCUT2D eigenvalue weighted by atomic mass is 10.2. The molecule has 0 radical (unpaired) electrons. The van der Waals surface area contributed by atoms with Crippen molar-refractivity contribution in [2.45, 2.75) is 18.4 Å². The zero-order chi connectivity index (χ0) is 13.2. The van der Waals surface area contributed by atoms with Crippen molar-refractivity contribution >= 4 is 37.3 Å². The van der Waals surface area contributed by atoms with Gasteiger partial charge >= 0.3 is 0 Å². The molecule has 0 aliphatic heterocycles. The second kappa shape index (κ2) is 5.48. The average molecular weight is 347 g/mol. The maximum Gasteiger partial charge on any atom is 0.242 e. The molecule has 1 N–H and O–H groups in total. The first-order chi connectivity index (χ1) is 8.49. The van der Waals surface area contributed by atoms with Crippen molar-refractivity contribution in [3.05, 3.63) is 44.8 Å². The summed E-state index contributed by atoms with van der Waals surface area (Å²) in [5, 5.41) is 3.93. The third kappa shape index (κ3) is 3.17. The summed E-state index contributed by atoms with van der Waals surface area (Å²) in [7, 11) is -3.51. The van der Waals surface area contributed by atoms with Crippen LogP contribution in [0, 0.1) is 6.92 Å². The molecular formula is C11H11BrN2O2S2. The number of pyridine rings is 1. The maximum absolute atomic E-state index is 12.0. The summed E-state index contributed by atoms with van der Waals surface area (Å²) in [6.07, 6.45) is 2.87. The van der Waals surface area contributed by atoms with Gasteiger partial charge in [0.1, 0.15) is 4.90 Å². The summed E-state index contributed by atoms with van der Waals surface area (Å²) in [5.41, 5.74) is 2.08. The second-order valence-corrected chi connectivity index (χ2v) is 7.17. The van der Waals surface area contributed by atoms with Crippen molar-refractivity contribution in [2.24, 2.45) is 0 Å². The van der Waals surface area contributed by atoms with Gasteiger partial charge in [-0.05, 0) is 50.8 Å². The minimum atomic E-state index is -3.51. The van der Waals surface area contributed by atoms with Crippen LogP contribution >= 0.6 is 27.3 Å².